The molecular formula is C18H16F3N3O2. The van der Waals surface area contributed by atoms with Crippen LogP contribution in [0.1, 0.15) is 24.0 Å². The zero-order valence-corrected chi connectivity index (χ0v) is 13.6. The molecule has 2 N–H and O–H groups in total. The van der Waals surface area contributed by atoms with Crippen molar-refractivity contribution in [2.75, 3.05) is 5.32 Å². The fraction of sp³-hybridized carbons (Fsp3) is 0.278. The summed E-state index contributed by atoms with van der Waals surface area (Å²) in [7, 11) is 0. The molecule has 5 nitrogen and oxygen atoms in total. The molecule has 0 spiro atoms. The topological polar surface area (TPSA) is 71.1 Å². The maximum absolute atomic E-state index is 12.6. The number of hydrogen-bond acceptors (Lipinski definition) is 3. The third-order valence-corrected chi connectivity index (χ3v) is 4.29. The number of hydrogen-bond donors (Lipinski definition) is 2. The normalized spacial score (nSPS) is 15.2. The molecule has 2 amide bonds. The number of nitrogens with one attached hydrogen (secondary N) is 2. The van der Waals surface area contributed by atoms with Crippen LogP contribution in [0.2, 0.25) is 0 Å². The van der Waals surface area contributed by atoms with Gasteiger partial charge in [-0.05, 0) is 54.8 Å². The highest BCUT2D eigenvalue weighted by Crippen LogP contribution is 2.47. The van der Waals surface area contributed by atoms with Crippen LogP contribution in [0, 0.1) is 5.41 Å². The van der Waals surface area contributed by atoms with Crippen LogP contribution in [0.3, 0.4) is 0 Å². The van der Waals surface area contributed by atoms with Crippen LogP contribution in [0.25, 0.3) is 0 Å². The lowest BCUT2D eigenvalue weighted by Crippen LogP contribution is -2.39. The SMILES string of the molecule is O=C(NCc1ccncc1)C1(C(=O)Nc2ccc(C(F)(F)F)cc2)CC1. The number of benzene rings is 1. The van der Waals surface area contributed by atoms with Gasteiger partial charge in [0.05, 0.1) is 5.56 Å². The van der Waals surface area contributed by atoms with E-state index >= 15 is 0 Å². The number of carbonyl (C=O) groups excluding carboxylic acids is 2. The second-order valence-electron chi connectivity index (χ2n) is 6.15. The number of anilines is 1. The molecule has 1 fully saturated rings. The Morgan fingerprint density at radius 3 is 2.15 bits per heavy atom. The summed E-state index contributed by atoms with van der Waals surface area (Å²) in [5.74, 6) is -0.900. The number of carbonyl (C=O) groups is 2. The van der Waals surface area contributed by atoms with E-state index in [9.17, 15) is 22.8 Å². The van der Waals surface area contributed by atoms with Gasteiger partial charge in [-0.2, -0.15) is 13.2 Å². The Balaban J connectivity index is 1.61. The minimum atomic E-state index is -4.44. The molecular weight excluding hydrogens is 347 g/mol. The highest BCUT2D eigenvalue weighted by Gasteiger charge is 2.56. The number of pyridine rings is 1. The average molecular weight is 363 g/mol. The van der Waals surface area contributed by atoms with E-state index in [1.807, 2.05) is 0 Å². The van der Waals surface area contributed by atoms with Gasteiger partial charge in [0.1, 0.15) is 5.41 Å². The first kappa shape index (κ1) is 17.9. The Morgan fingerprint density at radius 1 is 1.00 bits per heavy atom. The fourth-order valence-corrected chi connectivity index (χ4v) is 2.53. The first-order chi connectivity index (χ1) is 12.3. The lowest BCUT2D eigenvalue weighted by molar-refractivity contribution is -0.137. The summed E-state index contributed by atoms with van der Waals surface area (Å²) in [5, 5.41) is 5.25. The molecule has 1 aromatic heterocycles. The van der Waals surface area contributed by atoms with E-state index in [1.165, 1.54) is 12.1 Å². The maximum atomic E-state index is 12.6. The lowest BCUT2D eigenvalue weighted by Gasteiger charge is -2.16. The molecule has 1 aliphatic rings. The van der Waals surface area contributed by atoms with Gasteiger partial charge in [-0.1, -0.05) is 0 Å². The molecule has 8 heteroatoms. The first-order valence-corrected chi connectivity index (χ1v) is 7.97. The van der Waals surface area contributed by atoms with Crippen LogP contribution in [0.15, 0.2) is 48.8 Å². The molecule has 0 atom stereocenters. The first-order valence-electron chi connectivity index (χ1n) is 7.97. The molecule has 136 valence electrons. The molecule has 0 saturated heterocycles. The third-order valence-electron chi connectivity index (χ3n) is 4.29. The quantitative estimate of drug-likeness (QED) is 0.802. The molecule has 0 radical (unpaired) electrons. The van der Waals surface area contributed by atoms with Crippen LogP contribution in [-0.2, 0) is 22.3 Å². The number of amides is 2. The van der Waals surface area contributed by atoms with Crippen LogP contribution >= 0.6 is 0 Å². The van der Waals surface area contributed by atoms with Crippen molar-refractivity contribution in [1.82, 2.24) is 10.3 Å². The molecule has 1 heterocycles. The van der Waals surface area contributed by atoms with Gasteiger partial charge in [0.2, 0.25) is 11.8 Å². The number of alkyl halides is 3. The molecule has 3 rings (SSSR count). The van der Waals surface area contributed by atoms with E-state index in [2.05, 4.69) is 15.6 Å². The number of rotatable bonds is 5. The van der Waals surface area contributed by atoms with Gasteiger partial charge in [0.25, 0.3) is 0 Å². The van der Waals surface area contributed by atoms with E-state index in [0.717, 1.165) is 17.7 Å². The van der Waals surface area contributed by atoms with E-state index < -0.39 is 29.0 Å². The molecule has 0 aliphatic heterocycles. The van der Waals surface area contributed by atoms with Crippen molar-refractivity contribution in [3.05, 3.63) is 59.9 Å². The van der Waals surface area contributed by atoms with E-state index in [-0.39, 0.29) is 12.2 Å². The Bertz CT molecular complexity index is 801. The number of nitrogens with zero attached hydrogens (tertiary/aromatic N) is 1. The monoisotopic (exact) mass is 363 g/mol. The number of aromatic nitrogens is 1. The van der Waals surface area contributed by atoms with Gasteiger partial charge >= 0.3 is 6.18 Å². The van der Waals surface area contributed by atoms with Gasteiger partial charge < -0.3 is 10.6 Å². The highest BCUT2D eigenvalue weighted by atomic mass is 19.4. The summed E-state index contributed by atoms with van der Waals surface area (Å²) in [6, 6.07) is 7.62. The Labute approximate surface area is 147 Å². The largest absolute Gasteiger partial charge is 0.416 e. The maximum Gasteiger partial charge on any atom is 0.416 e. The Kier molecular flexibility index (Phi) is 4.67. The summed E-state index contributed by atoms with van der Waals surface area (Å²) >= 11 is 0. The predicted octanol–water partition coefficient (Wildman–Crippen LogP) is 3.14. The summed E-state index contributed by atoms with van der Waals surface area (Å²) < 4.78 is 37.7. The van der Waals surface area contributed by atoms with Crippen LogP contribution in [0.4, 0.5) is 18.9 Å². The van der Waals surface area contributed by atoms with E-state index in [1.54, 1.807) is 24.5 Å². The standard InChI is InChI=1S/C18H16F3N3O2/c19-18(20,21)13-1-3-14(4-2-13)24-16(26)17(7-8-17)15(25)23-11-12-5-9-22-10-6-12/h1-6,9-10H,7-8,11H2,(H,23,25)(H,24,26). The Hall–Kier alpha value is -2.90. The molecule has 26 heavy (non-hydrogen) atoms. The number of halogens is 3. The smallest absolute Gasteiger partial charge is 0.351 e. The average Bonchev–Trinajstić information content (AvgIpc) is 3.42. The van der Waals surface area contributed by atoms with Crippen LogP contribution < -0.4 is 10.6 Å². The second kappa shape index (κ2) is 6.78. The summed E-state index contributed by atoms with van der Waals surface area (Å²) in [6.07, 6.45) is -0.423. The highest BCUT2D eigenvalue weighted by molar-refractivity contribution is 6.13. The van der Waals surface area contributed by atoms with Crippen molar-refractivity contribution in [1.29, 1.82) is 0 Å². The molecule has 1 aliphatic carbocycles. The van der Waals surface area contributed by atoms with Gasteiger partial charge in [0.15, 0.2) is 0 Å². The van der Waals surface area contributed by atoms with Gasteiger partial charge in [0, 0.05) is 24.6 Å². The zero-order valence-electron chi connectivity index (χ0n) is 13.6. The second-order valence-corrected chi connectivity index (χ2v) is 6.15. The van der Waals surface area contributed by atoms with E-state index in [4.69, 9.17) is 0 Å². The molecule has 0 unspecified atom stereocenters. The van der Waals surface area contributed by atoms with Crippen molar-refractivity contribution in [2.24, 2.45) is 5.41 Å². The molecule has 1 saturated carbocycles. The van der Waals surface area contributed by atoms with Crippen LogP contribution in [0.5, 0.6) is 0 Å². The van der Waals surface area contributed by atoms with Crippen molar-refractivity contribution < 1.29 is 22.8 Å². The molecule has 1 aromatic carbocycles. The van der Waals surface area contributed by atoms with E-state index in [0.29, 0.717) is 12.8 Å². The van der Waals surface area contributed by atoms with Crippen molar-refractivity contribution in [2.45, 2.75) is 25.6 Å². The fourth-order valence-electron chi connectivity index (χ4n) is 2.53. The van der Waals surface area contributed by atoms with Crippen molar-refractivity contribution >= 4 is 17.5 Å². The van der Waals surface area contributed by atoms with Crippen molar-refractivity contribution in [3.8, 4) is 0 Å². The lowest BCUT2D eigenvalue weighted by atomic mass is 10.0. The van der Waals surface area contributed by atoms with Crippen molar-refractivity contribution in [3.63, 3.8) is 0 Å². The molecule has 2 aromatic rings. The van der Waals surface area contributed by atoms with Gasteiger partial charge in [-0.25, -0.2) is 0 Å². The van der Waals surface area contributed by atoms with Crippen LogP contribution in [-0.4, -0.2) is 16.8 Å². The van der Waals surface area contributed by atoms with Gasteiger partial charge in [-0.3, -0.25) is 14.6 Å². The van der Waals surface area contributed by atoms with Gasteiger partial charge in [-0.15, -0.1) is 0 Å². The zero-order chi connectivity index (χ0) is 18.8. The minimum absolute atomic E-state index is 0.219. The predicted molar refractivity (Wildman–Crippen MR) is 87.8 cm³/mol. The summed E-state index contributed by atoms with van der Waals surface area (Å²) in [5.41, 5.74) is -0.884. The minimum Gasteiger partial charge on any atom is -0.351 e. The summed E-state index contributed by atoms with van der Waals surface area (Å²) in [6.45, 7) is 0.274. The summed E-state index contributed by atoms with van der Waals surface area (Å²) in [4.78, 5) is 28.7. The molecule has 0 bridgehead atoms. The Morgan fingerprint density at radius 2 is 1.62 bits per heavy atom. The third kappa shape index (κ3) is 3.84.